The number of allylic oxidation sites excluding steroid dienone is 8. The summed E-state index contributed by atoms with van der Waals surface area (Å²) in [6.07, 6.45) is 9.65. The van der Waals surface area contributed by atoms with Crippen molar-refractivity contribution >= 4 is 28.8 Å². The lowest BCUT2D eigenvalue weighted by molar-refractivity contribution is -0.114. The van der Waals surface area contributed by atoms with Gasteiger partial charge in [0.25, 0.3) is 0 Å². The molecule has 3 aliphatic rings. The van der Waals surface area contributed by atoms with Crippen LogP contribution in [0.4, 0.5) is 17.1 Å². The number of benzene rings is 2. The lowest BCUT2D eigenvalue weighted by Gasteiger charge is -2.26. The minimum absolute atomic E-state index is 0.0874. The Morgan fingerprint density at radius 2 is 1.32 bits per heavy atom. The Labute approximate surface area is 243 Å². The summed E-state index contributed by atoms with van der Waals surface area (Å²) in [6, 6.07) is 11.6. The lowest BCUT2D eigenvalue weighted by Crippen LogP contribution is -2.25. The molecule has 0 atom stereocenters. The van der Waals surface area contributed by atoms with E-state index in [1.807, 2.05) is 30.4 Å². The molecule has 6 heteroatoms. The van der Waals surface area contributed by atoms with E-state index in [1.165, 1.54) is 6.92 Å². The average molecular weight is 552 g/mol. The molecule has 0 radical (unpaired) electrons. The van der Waals surface area contributed by atoms with Crippen molar-refractivity contribution in [3.8, 4) is 5.75 Å². The highest BCUT2D eigenvalue weighted by Gasteiger charge is 2.41. The van der Waals surface area contributed by atoms with Gasteiger partial charge in [-0.1, -0.05) is 39.8 Å². The Morgan fingerprint density at radius 1 is 0.829 bits per heavy atom. The van der Waals surface area contributed by atoms with Gasteiger partial charge in [0.15, 0.2) is 5.78 Å². The van der Waals surface area contributed by atoms with Crippen molar-refractivity contribution in [1.29, 1.82) is 0 Å². The van der Waals surface area contributed by atoms with Crippen molar-refractivity contribution in [3.05, 3.63) is 94.4 Å². The zero-order valence-electron chi connectivity index (χ0n) is 25.3. The minimum atomic E-state index is -0.279. The van der Waals surface area contributed by atoms with Gasteiger partial charge < -0.3 is 20.2 Å². The van der Waals surface area contributed by atoms with E-state index in [0.29, 0.717) is 0 Å². The van der Waals surface area contributed by atoms with Gasteiger partial charge in [0.2, 0.25) is 5.91 Å². The van der Waals surface area contributed by atoms with E-state index in [2.05, 4.69) is 80.9 Å². The molecule has 2 heterocycles. The van der Waals surface area contributed by atoms with Crippen molar-refractivity contribution in [2.24, 2.45) is 0 Å². The average Bonchev–Trinajstić information content (AvgIpc) is 3.45. The van der Waals surface area contributed by atoms with E-state index < -0.39 is 0 Å². The third kappa shape index (κ3) is 4.79. The lowest BCUT2D eigenvalue weighted by atomic mass is 9.83. The minimum Gasteiger partial charge on any atom is -0.508 e. The normalized spacial score (nSPS) is 22.8. The van der Waals surface area contributed by atoms with Gasteiger partial charge >= 0.3 is 0 Å². The van der Waals surface area contributed by atoms with Crippen LogP contribution in [-0.2, 0) is 20.4 Å². The number of Topliss-reactive ketones (excluding diaryl/α,β-unsaturated/α-hetero) is 1. The number of carbonyl (C=O) groups excluding carboxylic acids is 2. The molecule has 5 rings (SSSR count). The first kappa shape index (κ1) is 28.5. The predicted octanol–water partition coefficient (Wildman–Crippen LogP) is 7.27. The van der Waals surface area contributed by atoms with Crippen LogP contribution in [0.15, 0.2) is 83.2 Å². The molecule has 2 aromatic rings. The molecule has 6 nitrogen and oxygen atoms in total. The number of nitrogens with zero attached hydrogens (tertiary/aromatic N) is 2. The third-order valence-electron chi connectivity index (χ3n) is 8.85. The van der Waals surface area contributed by atoms with Crippen LogP contribution in [0.2, 0.25) is 0 Å². The quantitative estimate of drug-likeness (QED) is 0.383. The maximum Gasteiger partial charge on any atom is 0.221 e. The first-order valence-corrected chi connectivity index (χ1v) is 14.6. The molecule has 0 unspecified atom stereocenters. The van der Waals surface area contributed by atoms with Crippen molar-refractivity contribution in [3.63, 3.8) is 0 Å². The number of amides is 1. The fourth-order valence-corrected chi connectivity index (χ4v) is 6.68. The van der Waals surface area contributed by atoms with Crippen LogP contribution in [0.1, 0.15) is 72.4 Å². The molecule has 1 aliphatic carbocycles. The smallest absolute Gasteiger partial charge is 0.221 e. The van der Waals surface area contributed by atoms with E-state index in [1.54, 1.807) is 6.07 Å². The van der Waals surface area contributed by atoms with Crippen LogP contribution in [0, 0.1) is 0 Å². The molecule has 1 amide bonds. The summed E-state index contributed by atoms with van der Waals surface area (Å²) in [6.45, 7) is 16.1. The van der Waals surface area contributed by atoms with Gasteiger partial charge in [-0.2, -0.15) is 0 Å². The summed E-state index contributed by atoms with van der Waals surface area (Å²) in [5.74, 6) is 0.290. The number of fused-ring (bicyclic) bond motifs is 2. The second-order valence-corrected chi connectivity index (χ2v) is 12.2. The van der Waals surface area contributed by atoms with Gasteiger partial charge in [0.1, 0.15) is 5.75 Å². The molecule has 1 saturated carbocycles. The number of hydrogen-bond acceptors (Lipinski definition) is 5. The molecule has 2 aliphatic heterocycles. The van der Waals surface area contributed by atoms with Gasteiger partial charge in [-0.15, -0.1) is 0 Å². The summed E-state index contributed by atoms with van der Waals surface area (Å²) in [5, 5.41) is 13.0. The molecular weight excluding hydrogens is 510 g/mol. The number of likely N-dealkylation sites (N-methyl/N-ethyl adjacent to an activating group) is 2. The summed E-state index contributed by atoms with van der Waals surface area (Å²) in [7, 11) is 0. The van der Waals surface area contributed by atoms with Crippen LogP contribution in [0.25, 0.3) is 0 Å². The molecule has 0 spiro atoms. The van der Waals surface area contributed by atoms with E-state index >= 15 is 0 Å². The highest BCUT2D eigenvalue weighted by molar-refractivity contribution is 6.11. The van der Waals surface area contributed by atoms with Gasteiger partial charge in [0.05, 0.1) is 0 Å². The molecular formula is C35H41N3O3. The monoisotopic (exact) mass is 551 g/mol. The number of nitrogens with one attached hydrogen (secondary N) is 1. The summed E-state index contributed by atoms with van der Waals surface area (Å²) in [5.41, 5.74) is 8.66. The van der Waals surface area contributed by atoms with Gasteiger partial charge in [-0.25, -0.2) is 0 Å². The Balaban J connectivity index is 1.42. The molecule has 214 valence electrons. The number of hydrogen-bond donors (Lipinski definition) is 2. The van der Waals surface area contributed by atoms with E-state index in [-0.39, 0.29) is 28.3 Å². The zero-order valence-corrected chi connectivity index (χ0v) is 25.3. The third-order valence-corrected chi connectivity index (χ3v) is 8.85. The summed E-state index contributed by atoms with van der Waals surface area (Å²) >= 11 is 0. The largest absolute Gasteiger partial charge is 0.508 e. The van der Waals surface area contributed by atoms with Crippen LogP contribution in [-0.4, -0.2) is 29.9 Å². The van der Waals surface area contributed by atoms with Crippen molar-refractivity contribution in [2.45, 2.75) is 72.1 Å². The molecule has 41 heavy (non-hydrogen) atoms. The Kier molecular flexibility index (Phi) is 7.22. The second-order valence-electron chi connectivity index (χ2n) is 12.2. The van der Waals surface area contributed by atoms with Gasteiger partial charge in [-0.3, -0.25) is 9.59 Å². The van der Waals surface area contributed by atoms with Gasteiger partial charge in [0, 0.05) is 70.4 Å². The Morgan fingerprint density at radius 3 is 1.80 bits per heavy atom. The molecule has 2 aromatic carbocycles. The predicted molar refractivity (Wildman–Crippen MR) is 168 cm³/mol. The van der Waals surface area contributed by atoms with E-state index in [4.69, 9.17) is 0 Å². The Hall–Kier alpha value is -4.06. The van der Waals surface area contributed by atoms with E-state index in [9.17, 15) is 14.7 Å². The van der Waals surface area contributed by atoms with Crippen molar-refractivity contribution in [2.75, 3.05) is 28.2 Å². The Bertz CT molecular complexity index is 1550. The molecule has 0 saturated heterocycles. The summed E-state index contributed by atoms with van der Waals surface area (Å²) < 4.78 is 0. The fourth-order valence-electron chi connectivity index (χ4n) is 6.68. The highest BCUT2D eigenvalue weighted by atomic mass is 16.3. The topological polar surface area (TPSA) is 72.9 Å². The first-order valence-electron chi connectivity index (χ1n) is 14.6. The van der Waals surface area contributed by atoms with Crippen LogP contribution in [0.5, 0.6) is 5.75 Å². The standard InChI is InChI=1S/C35H41N3O3/c1-8-37-29-16-14-25(36-22(3)39)20-27(29)34(4,5)31(37)18-12-23-10-11-24(33(23)41)13-19-32-35(6,7)28-21-26(40)15-17-30(28)38(32)9-2/h12-21,40H,8-11H2,1-7H3,(H,36,39)/b23-12+,24-13+,31-18+,32-19+. The number of phenols is 1. The second kappa shape index (κ2) is 10.4. The van der Waals surface area contributed by atoms with Crippen LogP contribution in [0.3, 0.4) is 0 Å². The molecule has 0 aromatic heterocycles. The number of anilines is 3. The number of phenolic OH excluding ortho intramolecular Hbond substituents is 1. The maximum absolute atomic E-state index is 13.5. The number of carbonyl (C=O) groups is 2. The van der Waals surface area contributed by atoms with Crippen molar-refractivity contribution in [1.82, 2.24) is 0 Å². The molecule has 0 bridgehead atoms. The number of aromatic hydroxyl groups is 1. The molecule has 1 fully saturated rings. The fraction of sp³-hybridized carbons (Fsp3) is 0.371. The number of rotatable bonds is 5. The summed E-state index contributed by atoms with van der Waals surface area (Å²) in [4.78, 5) is 29.7. The maximum atomic E-state index is 13.5. The first-order chi connectivity index (χ1) is 19.4. The van der Waals surface area contributed by atoms with E-state index in [0.717, 1.165) is 76.7 Å². The zero-order chi connectivity index (χ0) is 29.7. The van der Waals surface area contributed by atoms with Crippen molar-refractivity contribution < 1.29 is 14.7 Å². The van der Waals surface area contributed by atoms with Gasteiger partial charge in [-0.05, 0) is 86.4 Å². The van der Waals surface area contributed by atoms with Crippen LogP contribution >= 0.6 is 0 Å². The number of ketones is 1. The SMILES string of the molecule is CCN1/C(=C/C=C2\CC/C(=C\C=C3\N(CC)c4ccc(NC(C)=O)cc4C3(C)C)C2=O)C(C)(C)c2cc(O)ccc21. The molecule has 2 N–H and O–H groups in total. The highest BCUT2D eigenvalue weighted by Crippen LogP contribution is 2.50. The van der Waals surface area contributed by atoms with Crippen LogP contribution < -0.4 is 15.1 Å².